The lowest BCUT2D eigenvalue weighted by molar-refractivity contribution is 0.830. The van der Waals surface area contributed by atoms with Gasteiger partial charge in [-0.1, -0.05) is 29.8 Å². The van der Waals surface area contributed by atoms with Crippen LogP contribution in [0.2, 0.25) is 0 Å². The Bertz CT molecular complexity index is 550. The predicted octanol–water partition coefficient (Wildman–Crippen LogP) is 4.47. The van der Waals surface area contributed by atoms with Gasteiger partial charge in [-0.25, -0.2) is 0 Å². The van der Waals surface area contributed by atoms with Gasteiger partial charge in [0.25, 0.3) is 0 Å². The van der Waals surface area contributed by atoms with Gasteiger partial charge in [0, 0.05) is 25.7 Å². The maximum Gasteiger partial charge on any atom is 0.0868 e. The summed E-state index contributed by atoms with van der Waals surface area (Å²) in [7, 11) is 0. The quantitative estimate of drug-likeness (QED) is 0.829. The molecule has 0 radical (unpaired) electrons. The van der Waals surface area contributed by atoms with Crippen molar-refractivity contribution >= 4 is 48.5 Å². The van der Waals surface area contributed by atoms with E-state index >= 15 is 0 Å². The Morgan fingerprint density at radius 3 is 2.50 bits per heavy atom. The molecule has 84 valence electrons. The highest BCUT2D eigenvalue weighted by molar-refractivity contribution is 9.11. The first-order valence-corrected chi connectivity index (χ1v) is 6.63. The summed E-state index contributed by atoms with van der Waals surface area (Å²) < 4.78 is 1.96. The Balaban J connectivity index is 2.82. The van der Waals surface area contributed by atoms with Crippen LogP contribution in [-0.2, 0) is 0 Å². The number of pyridine rings is 1. The lowest BCUT2D eigenvalue weighted by atomic mass is 10.1. The molecule has 0 aliphatic rings. The van der Waals surface area contributed by atoms with Crippen molar-refractivity contribution in [2.24, 2.45) is 0 Å². The highest BCUT2D eigenvalue weighted by Crippen LogP contribution is 2.32. The largest absolute Gasteiger partial charge is 0.398 e. The number of nitrogens with zero attached hydrogens (tertiary/aromatic N) is 1. The third-order valence-electron chi connectivity index (χ3n) is 2.48. The van der Waals surface area contributed by atoms with Gasteiger partial charge >= 0.3 is 0 Å². The number of hydrogen-bond acceptors (Lipinski definition) is 2. The molecule has 0 saturated heterocycles. The molecule has 0 amide bonds. The molecule has 1 aromatic carbocycles. The summed E-state index contributed by atoms with van der Waals surface area (Å²) >= 11 is 6.97. The molecule has 0 unspecified atom stereocenters. The van der Waals surface area contributed by atoms with E-state index in [2.05, 4.69) is 50.7 Å². The zero-order valence-corrected chi connectivity index (χ0v) is 12.3. The molecule has 0 saturated carbocycles. The van der Waals surface area contributed by atoms with Crippen LogP contribution in [0.3, 0.4) is 0 Å². The van der Waals surface area contributed by atoms with E-state index in [1.165, 1.54) is 0 Å². The van der Waals surface area contributed by atoms with Gasteiger partial charge in [-0.2, -0.15) is 0 Å². The number of fused-ring (bicyclic) bond motifs is 1. The highest BCUT2D eigenvalue weighted by Gasteiger charge is 2.09. The number of anilines is 1. The van der Waals surface area contributed by atoms with E-state index in [0.29, 0.717) is 5.92 Å². The molecule has 0 bridgehead atoms. The van der Waals surface area contributed by atoms with Crippen LogP contribution in [0.4, 0.5) is 5.69 Å². The molecule has 4 heteroatoms. The van der Waals surface area contributed by atoms with E-state index in [-0.39, 0.29) is 0 Å². The van der Waals surface area contributed by atoms with Gasteiger partial charge in [-0.3, -0.25) is 4.98 Å². The number of halogens is 2. The lowest BCUT2D eigenvalue weighted by Crippen LogP contribution is -1.98. The average molecular weight is 344 g/mol. The minimum atomic E-state index is 0.377. The van der Waals surface area contributed by atoms with E-state index in [9.17, 15) is 0 Å². The predicted molar refractivity (Wildman–Crippen MR) is 75.6 cm³/mol. The van der Waals surface area contributed by atoms with Crippen molar-refractivity contribution < 1.29 is 0 Å². The van der Waals surface area contributed by atoms with Crippen LogP contribution in [0.1, 0.15) is 25.5 Å². The molecule has 1 heterocycles. The molecule has 2 aromatic rings. The van der Waals surface area contributed by atoms with Crippen LogP contribution in [0.5, 0.6) is 0 Å². The highest BCUT2D eigenvalue weighted by atomic mass is 79.9. The lowest BCUT2D eigenvalue weighted by Gasteiger charge is -2.10. The third-order valence-corrected chi connectivity index (χ3v) is 3.54. The van der Waals surface area contributed by atoms with Crippen molar-refractivity contribution in [1.82, 2.24) is 4.98 Å². The summed E-state index contributed by atoms with van der Waals surface area (Å²) in [6.07, 6.45) is 0. The van der Waals surface area contributed by atoms with E-state index in [1.807, 2.05) is 18.2 Å². The molecule has 0 aliphatic heterocycles. The van der Waals surface area contributed by atoms with Crippen LogP contribution in [0.15, 0.2) is 27.1 Å². The number of nitrogens with two attached hydrogens (primary N) is 1. The Labute approximate surface area is 112 Å². The van der Waals surface area contributed by atoms with Crippen molar-refractivity contribution in [3.05, 3.63) is 32.8 Å². The van der Waals surface area contributed by atoms with E-state index in [0.717, 1.165) is 31.2 Å². The molecule has 0 aliphatic carbocycles. The van der Waals surface area contributed by atoms with Gasteiger partial charge in [0.1, 0.15) is 0 Å². The Morgan fingerprint density at radius 1 is 1.19 bits per heavy atom. The minimum absolute atomic E-state index is 0.377. The molecule has 2 rings (SSSR count). The standard InChI is InChI=1S/C12H12Br2N2/c1-6(2)11-5-10(15)8-3-7(13)4-9(14)12(8)16-11/h3-6H,1-2H3,(H2,15,16). The number of rotatable bonds is 1. The van der Waals surface area contributed by atoms with Crippen LogP contribution in [0, 0.1) is 0 Å². The average Bonchev–Trinajstić information content (AvgIpc) is 2.19. The van der Waals surface area contributed by atoms with Gasteiger partial charge in [-0.15, -0.1) is 0 Å². The number of nitrogen functional groups attached to an aromatic ring is 1. The fourth-order valence-electron chi connectivity index (χ4n) is 1.59. The number of hydrogen-bond donors (Lipinski definition) is 1. The fraction of sp³-hybridized carbons (Fsp3) is 0.250. The van der Waals surface area contributed by atoms with E-state index in [4.69, 9.17) is 5.73 Å². The summed E-state index contributed by atoms with van der Waals surface area (Å²) in [5.74, 6) is 0.377. The van der Waals surface area contributed by atoms with Crippen molar-refractivity contribution in [2.75, 3.05) is 5.73 Å². The maximum absolute atomic E-state index is 6.05. The molecule has 0 fully saturated rings. The van der Waals surface area contributed by atoms with Crippen molar-refractivity contribution in [3.8, 4) is 0 Å². The van der Waals surface area contributed by atoms with Gasteiger partial charge in [0.15, 0.2) is 0 Å². The van der Waals surface area contributed by atoms with Crippen molar-refractivity contribution in [1.29, 1.82) is 0 Å². The smallest absolute Gasteiger partial charge is 0.0868 e. The summed E-state index contributed by atoms with van der Waals surface area (Å²) in [5, 5.41) is 0.977. The second-order valence-electron chi connectivity index (χ2n) is 4.07. The van der Waals surface area contributed by atoms with Crippen LogP contribution in [0.25, 0.3) is 10.9 Å². The van der Waals surface area contributed by atoms with E-state index < -0.39 is 0 Å². The summed E-state index contributed by atoms with van der Waals surface area (Å²) in [6, 6.07) is 5.93. The first-order valence-electron chi connectivity index (χ1n) is 5.04. The Morgan fingerprint density at radius 2 is 1.88 bits per heavy atom. The SMILES string of the molecule is CC(C)c1cc(N)c2cc(Br)cc(Br)c2n1. The fourth-order valence-corrected chi connectivity index (χ4v) is 2.91. The number of benzene rings is 1. The van der Waals surface area contributed by atoms with Gasteiger partial charge in [0.05, 0.1) is 5.52 Å². The second-order valence-corrected chi connectivity index (χ2v) is 5.84. The molecule has 1 aromatic heterocycles. The topological polar surface area (TPSA) is 38.9 Å². The van der Waals surface area contributed by atoms with Crippen LogP contribution >= 0.6 is 31.9 Å². The van der Waals surface area contributed by atoms with Gasteiger partial charge in [-0.05, 0) is 40.0 Å². The summed E-state index contributed by atoms with van der Waals surface area (Å²) in [5.41, 5.74) is 8.77. The van der Waals surface area contributed by atoms with Crippen molar-refractivity contribution in [3.63, 3.8) is 0 Å². The first-order chi connectivity index (χ1) is 7.49. The zero-order chi connectivity index (χ0) is 11.9. The first kappa shape index (κ1) is 11.9. The summed E-state index contributed by atoms with van der Waals surface area (Å²) in [6.45, 7) is 4.22. The number of aromatic nitrogens is 1. The molecule has 0 spiro atoms. The van der Waals surface area contributed by atoms with Gasteiger partial charge < -0.3 is 5.73 Å². The zero-order valence-electron chi connectivity index (χ0n) is 9.09. The Hall–Kier alpha value is -0.610. The monoisotopic (exact) mass is 342 g/mol. The molecular formula is C12H12Br2N2. The normalized spacial score (nSPS) is 11.3. The van der Waals surface area contributed by atoms with Crippen LogP contribution in [-0.4, -0.2) is 4.98 Å². The third kappa shape index (κ3) is 2.09. The molecular weight excluding hydrogens is 332 g/mol. The second kappa shape index (κ2) is 4.34. The van der Waals surface area contributed by atoms with Crippen molar-refractivity contribution in [2.45, 2.75) is 19.8 Å². The molecule has 2 nitrogen and oxygen atoms in total. The minimum Gasteiger partial charge on any atom is -0.398 e. The molecule has 16 heavy (non-hydrogen) atoms. The Kier molecular flexibility index (Phi) is 3.22. The van der Waals surface area contributed by atoms with Crippen LogP contribution < -0.4 is 5.73 Å². The maximum atomic E-state index is 6.05. The van der Waals surface area contributed by atoms with Gasteiger partial charge in [0.2, 0.25) is 0 Å². The molecule has 2 N–H and O–H groups in total. The van der Waals surface area contributed by atoms with E-state index in [1.54, 1.807) is 0 Å². The molecule has 0 atom stereocenters. The summed E-state index contributed by atoms with van der Waals surface area (Å²) in [4.78, 5) is 4.63.